The highest BCUT2D eigenvalue weighted by Crippen LogP contribution is 2.28. The topological polar surface area (TPSA) is 97.8 Å². The molecule has 0 amide bonds. The molecule has 0 bridgehead atoms. The minimum Gasteiger partial charge on any atom is -0.494 e. The average Bonchev–Trinajstić information content (AvgIpc) is 3.23. The van der Waals surface area contributed by atoms with Crippen molar-refractivity contribution in [2.75, 3.05) is 12.4 Å². The Hall–Kier alpha value is -4.52. The van der Waals surface area contributed by atoms with Gasteiger partial charge in [0.15, 0.2) is 5.69 Å². The summed E-state index contributed by atoms with van der Waals surface area (Å²) in [6, 6.07) is 11.5. The van der Waals surface area contributed by atoms with Crippen molar-refractivity contribution in [3.63, 3.8) is 0 Å². The standard InChI is InChI=1S/C23H18F2N6O2/c1-14-11-30(13-27-14)21-6-5-17(9-22(21)33-2)28-20-8-18(10-26)29-31(23(20)32)12-15-3-4-16(24)7-19(15)25/h3-9,11,13,28H,12H2,1-2H3. The second kappa shape index (κ2) is 8.92. The van der Waals surface area contributed by atoms with Crippen LogP contribution in [0.25, 0.3) is 5.69 Å². The number of nitrogens with zero attached hydrogens (tertiary/aromatic N) is 5. The van der Waals surface area contributed by atoms with Gasteiger partial charge in [0.25, 0.3) is 5.56 Å². The first-order valence-electron chi connectivity index (χ1n) is 9.80. The van der Waals surface area contributed by atoms with E-state index in [0.717, 1.165) is 28.2 Å². The number of rotatable bonds is 6. The number of aryl methyl sites for hydroxylation is 1. The van der Waals surface area contributed by atoms with E-state index in [-0.39, 0.29) is 23.5 Å². The highest BCUT2D eigenvalue weighted by molar-refractivity contribution is 5.65. The molecular formula is C23H18F2N6O2. The molecule has 4 aromatic rings. The van der Waals surface area contributed by atoms with Crippen molar-refractivity contribution >= 4 is 11.4 Å². The van der Waals surface area contributed by atoms with Crippen molar-refractivity contribution in [3.8, 4) is 17.5 Å². The monoisotopic (exact) mass is 448 g/mol. The summed E-state index contributed by atoms with van der Waals surface area (Å²) in [4.78, 5) is 17.2. The van der Waals surface area contributed by atoms with Crippen LogP contribution in [0.5, 0.6) is 5.75 Å². The Morgan fingerprint density at radius 2 is 2.00 bits per heavy atom. The van der Waals surface area contributed by atoms with Crippen LogP contribution in [0.3, 0.4) is 0 Å². The molecule has 166 valence electrons. The summed E-state index contributed by atoms with van der Waals surface area (Å²) >= 11 is 0. The molecule has 33 heavy (non-hydrogen) atoms. The molecule has 0 unspecified atom stereocenters. The molecule has 0 spiro atoms. The second-order valence-corrected chi connectivity index (χ2v) is 7.19. The fourth-order valence-electron chi connectivity index (χ4n) is 3.28. The van der Waals surface area contributed by atoms with Gasteiger partial charge in [0, 0.05) is 35.6 Å². The van der Waals surface area contributed by atoms with Crippen LogP contribution in [0.4, 0.5) is 20.2 Å². The van der Waals surface area contributed by atoms with Crippen LogP contribution in [0.15, 0.2) is 59.8 Å². The molecule has 2 aromatic carbocycles. The van der Waals surface area contributed by atoms with E-state index in [9.17, 15) is 18.8 Å². The van der Waals surface area contributed by atoms with Crippen molar-refractivity contribution in [2.45, 2.75) is 13.5 Å². The quantitative estimate of drug-likeness (QED) is 0.483. The van der Waals surface area contributed by atoms with E-state index in [1.54, 1.807) is 24.5 Å². The Bertz CT molecular complexity index is 1440. The van der Waals surface area contributed by atoms with E-state index < -0.39 is 17.2 Å². The first-order valence-corrected chi connectivity index (χ1v) is 9.80. The molecule has 0 saturated heterocycles. The van der Waals surface area contributed by atoms with Crippen LogP contribution in [0, 0.1) is 29.9 Å². The molecule has 0 atom stereocenters. The van der Waals surface area contributed by atoms with Gasteiger partial charge in [-0.2, -0.15) is 10.4 Å². The fourth-order valence-corrected chi connectivity index (χ4v) is 3.28. The molecular weight excluding hydrogens is 430 g/mol. The molecule has 4 rings (SSSR count). The van der Waals surface area contributed by atoms with Gasteiger partial charge in [0.1, 0.15) is 29.1 Å². The van der Waals surface area contributed by atoms with Gasteiger partial charge in [0.2, 0.25) is 0 Å². The van der Waals surface area contributed by atoms with Gasteiger partial charge in [-0.05, 0) is 25.1 Å². The number of ether oxygens (including phenoxy) is 1. The number of aromatic nitrogens is 4. The van der Waals surface area contributed by atoms with E-state index in [4.69, 9.17) is 4.74 Å². The fraction of sp³-hybridized carbons (Fsp3) is 0.130. The Labute approximate surface area is 187 Å². The van der Waals surface area contributed by atoms with Crippen LogP contribution >= 0.6 is 0 Å². The SMILES string of the molecule is COc1cc(Nc2cc(C#N)nn(Cc3ccc(F)cc3F)c2=O)ccc1-n1cnc(C)c1. The zero-order valence-electron chi connectivity index (χ0n) is 17.7. The maximum Gasteiger partial charge on any atom is 0.290 e. The molecule has 1 N–H and O–H groups in total. The number of nitrogens with one attached hydrogen (secondary N) is 1. The molecule has 0 radical (unpaired) electrons. The summed E-state index contributed by atoms with van der Waals surface area (Å²) in [5.74, 6) is -1.01. The normalized spacial score (nSPS) is 10.6. The minimum absolute atomic E-state index is 0.0444. The first kappa shape index (κ1) is 21.7. The number of anilines is 2. The highest BCUT2D eigenvalue weighted by Gasteiger charge is 2.13. The summed E-state index contributed by atoms with van der Waals surface area (Å²) in [7, 11) is 1.52. The maximum absolute atomic E-state index is 14.1. The number of hydrogen-bond acceptors (Lipinski definition) is 6. The van der Waals surface area contributed by atoms with Gasteiger partial charge < -0.3 is 14.6 Å². The Morgan fingerprint density at radius 1 is 1.18 bits per heavy atom. The number of benzene rings is 2. The van der Waals surface area contributed by atoms with Crippen LogP contribution in [-0.4, -0.2) is 26.4 Å². The zero-order chi connectivity index (χ0) is 23.5. The smallest absolute Gasteiger partial charge is 0.290 e. The van der Waals surface area contributed by atoms with Crippen molar-refractivity contribution in [1.82, 2.24) is 19.3 Å². The summed E-state index contributed by atoms with van der Waals surface area (Å²) in [6.07, 6.45) is 3.51. The number of nitriles is 1. The van der Waals surface area contributed by atoms with Gasteiger partial charge in [-0.3, -0.25) is 4.79 Å². The molecule has 0 aliphatic heterocycles. The third-order valence-corrected chi connectivity index (χ3v) is 4.87. The van der Waals surface area contributed by atoms with E-state index in [0.29, 0.717) is 11.4 Å². The van der Waals surface area contributed by atoms with Gasteiger partial charge in [-0.15, -0.1) is 0 Å². The molecule has 0 aliphatic carbocycles. The minimum atomic E-state index is -0.810. The van der Waals surface area contributed by atoms with Gasteiger partial charge in [-0.1, -0.05) is 6.07 Å². The van der Waals surface area contributed by atoms with Crippen LogP contribution in [0.1, 0.15) is 17.0 Å². The van der Waals surface area contributed by atoms with Crippen LogP contribution in [-0.2, 0) is 6.54 Å². The van der Waals surface area contributed by atoms with Crippen molar-refractivity contribution in [1.29, 1.82) is 5.26 Å². The number of hydrogen-bond donors (Lipinski definition) is 1. The lowest BCUT2D eigenvalue weighted by Gasteiger charge is -2.14. The van der Waals surface area contributed by atoms with Crippen molar-refractivity contribution < 1.29 is 13.5 Å². The average molecular weight is 448 g/mol. The van der Waals surface area contributed by atoms with Crippen molar-refractivity contribution in [2.24, 2.45) is 0 Å². The summed E-state index contributed by atoms with van der Waals surface area (Å²) in [5, 5.41) is 16.3. The largest absolute Gasteiger partial charge is 0.494 e. The first-order chi connectivity index (χ1) is 15.9. The lowest BCUT2D eigenvalue weighted by atomic mass is 10.2. The lowest BCUT2D eigenvalue weighted by Crippen LogP contribution is -2.26. The summed E-state index contributed by atoms with van der Waals surface area (Å²) in [6.45, 7) is 1.61. The zero-order valence-corrected chi connectivity index (χ0v) is 17.7. The predicted molar refractivity (Wildman–Crippen MR) is 117 cm³/mol. The number of methoxy groups -OCH3 is 1. The highest BCUT2D eigenvalue weighted by atomic mass is 19.1. The number of halogens is 2. The maximum atomic E-state index is 14.1. The van der Waals surface area contributed by atoms with Gasteiger partial charge >= 0.3 is 0 Å². The van der Waals surface area contributed by atoms with E-state index in [1.807, 2.05) is 23.8 Å². The Kier molecular flexibility index (Phi) is 5.87. The van der Waals surface area contributed by atoms with Crippen molar-refractivity contribution in [3.05, 3.63) is 93.9 Å². The van der Waals surface area contributed by atoms with Crippen LogP contribution in [0.2, 0.25) is 0 Å². The van der Waals surface area contributed by atoms with Crippen LogP contribution < -0.4 is 15.6 Å². The molecule has 0 aliphatic rings. The molecule has 8 nitrogen and oxygen atoms in total. The second-order valence-electron chi connectivity index (χ2n) is 7.19. The molecule has 0 fully saturated rings. The van der Waals surface area contributed by atoms with E-state index in [1.165, 1.54) is 19.2 Å². The van der Waals surface area contributed by atoms with Gasteiger partial charge in [-0.25, -0.2) is 18.4 Å². The number of imidazole rings is 1. The predicted octanol–water partition coefficient (Wildman–Crippen LogP) is 3.69. The molecule has 2 heterocycles. The molecule has 2 aromatic heterocycles. The van der Waals surface area contributed by atoms with E-state index in [2.05, 4.69) is 15.4 Å². The Balaban J connectivity index is 1.69. The molecule has 0 saturated carbocycles. The lowest BCUT2D eigenvalue weighted by molar-refractivity contribution is 0.413. The Morgan fingerprint density at radius 3 is 2.67 bits per heavy atom. The third-order valence-electron chi connectivity index (χ3n) is 4.87. The van der Waals surface area contributed by atoms with Gasteiger partial charge in [0.05, 0.1) is 31.4 Å². The third kappa shape index (κ3) is 4.57. The summed E-state index contributed by atoms with van der Waals surface area (Å²) in [5.41, 5.74) is 1.63. The molecule has 10 heteroatoms. The van der Waals surface area contributed by atoms with E-state index >= 15 is 0 Å². The summed E-state index contributed by atoms with van der Waals surface area (Å²) < 4.78 is 35.5.